The van der Waals surface area contributed by atoms with E-state index in [0.717, 1.165) is 32.7 Å². The van der Waals surface area contributed by atoms with Crippen molar-refractivity contribution >= 4 is 45.1 Å². The molecule has 0 aliphatic heterocycles. The molecule has 0 aromatic heterocycles. The lowest BCUT2D eigenvalue weighted by atomic mass is 10.0. The van der Waals surface area contributed by atoms with Crippen molar-refractivity contribution in [3.05, 3.63) is 154 Å². The molecule has 0 radical (unpaired) electrons. The quantitative estimate of drug-likeness (QED) is 0.149. The molecule has 0 aliphatic rings. The molecule has 0 N–H and O–H groups in total. The van der Waals surface area contributed by atoms with Gasteiger partial charge in [0.1, 0.15) is 35.1 Å². The van der Waals surface area contributed by atoms with Crippen LogP contribution in [0.25, 0.3) is 43.4 Å². The molecule has 0 atom stereocenters. The average molecular weight is 565 g/mol. The molecule has 44 heavy (non-hydrogen) atoms. The van der Waals surface area contributed by atoms with Gasteiger partial charge >= 0.3 is 0 Å². The van der Waals surface area contributed by atoms with Gasteiger partial charge in [-0.3, -0.25) is 9.69 Å². The van der Waals surface area contributed by atoms with Crippen LogP contribution in [0.1, 0.15) is 22.3 Å². The number of rotatable bonds is 6. The largest absolute Gasteiger partial charge is 0.457 e. The second kappa shape index (κ2) is 11.9. The van der Waals surface area contributed by atoms with Gasteiger partial charge in [-0.1, -0.05) is 60.7 Å². The summed E-state index contributed by atoms with van der Waals surface area (Å²) in [5.74, 6) is 2.67. The molecule has 6 aromatic carbocycles. The van der Waals surface area contributed by atoms with Crippen molar-refractivity contribution in [3.63, 3.8) is 0 Å². The summed E-state index contributed by atoms with van der Waals surface area (Å²) in [7, 11) is 0. The minimum Gasteiger partial charge on any atom is -0.457 e. The fourth-order valence-electron chi connectivity index (χ4n) is 4.78. The fraction of sp³-hybridized carbons (Fsp3) is 0. The first-order chi connectivity index (χ1) is 21.5. The van der Waals surface area contributed by atoms with Gasteiger partial charge < -0.3 is 9.47 Å². The van der Waals surface area contributed by atoms with E-state index in [2.05, 4.69) is 21.8 Å². The highest BCUT2D eigenvalue weighted by Gasteiger charge is 2.08. The molecule has 0 aliphatic carbocycles. The zero-order chi connectivity index (χ0) is 30.5. The van der Waals surface area contributed by atoms with Gasteiger partial charge in [0, 0.05) is 0 Å². The third-order valence-electron chi connectivity index (χ3n) is 7.03. The zero-order valence-electron chi connectivity index (χ0n) is 23.2. The Morgan fingerprint density at radius 1 is 0.477 bits per heavy atom. The molecule has 0 spiro atoms. The van der Waals surface area contributed by atoms with Crippen LogP contribution < -0.4 is 9.47 Å². The summed E-state index contributed by atoms with van der Waals surface area (Å²) in [5.41, 5.74) is 3.41. The van der Waals surface area contributed by atoms with Crippen LogP contribution in [0.3, 0.4) is 0 Å². The maximum absolute atomic E-state index is 9.32. The normalized spacial score (nSPS) is 10.5. The molecule has 0 heterocycles. The first-order valence-corrected chi connectivity index (χ1v) is 13.5. The van der Waals surface area contributed by atoms with E-state index in [1.165, 1.54) is 0 Å². The standard InChI is InChI=1S/C38H20N4O2/c1-41-37-21-28-10-16-36(20-30(28)22-38(37)42-2)44-34-13-7-26(8-14-34)4-3-25-5-11-33(12-6-25)43-35-15-9-27-17-31(23-39)32(24-40)18-29(27)19-35/h3-22H/b4-3+. The Bertz CT molecular complexity index is 2100. The molecule has 0 bridgehead atoms. The maximum atomic E-state index is 9.32. The maximum Gasteiger partial charge on any atom is 0.195 e. The first kappa shape index (κ1) is 27.3. The smallest absolute Gasteiger partial charge is 0.195 e. The van der Waals surface area contributed by atoms with Gasteiger partial charge in [0.25, 0.3) is 0 Å². The molecule has 6 nitrogen and oxygen atoms in total. The third-order valence-corrected chi connectivity index (χ3v) is 7.03. The Morgan fingerprint density at radius 2 is 0.864 bits per heavy atom. The predicted octanol–water partition coefficient (Wildman–Crippen LogP) is 10.6. The van der Waals surface area contributed by atoms with Crippen molar-refractivity contribution < 1.29 is 9.47 Å². The van der Waals surface area contributed by atoms with Crippen molar-refractivity contribution in [1.29, 1.82) is 10.5 Å². The highest BCUT2D eigenvalue weighted by Crippen LogP contribution is 2.35. The van der Waals surface area contributed by atoms with Crippen molar-refractivity contribution in [2.45, 2.75) is 0 Å². The molecule has 0 fully saturated rings. The molecule has 6 heteroatoms. The molecular formula is C38H20N4O2. The molecule has 0 amide bonds. The van der Waals surface area contributed by atoms with Crippen LogP contribution in [0.15, 0.2) is 109 Å². The number of benzene rings is 6. The van der Waals surface area contributed by atoms with Crippen LogP contribution in [0, 0.1) is 35.8 Å². The van der Waals surface area contributed by atoms with Crippen LogP contribution in [-0.4, -0.2) is 0 Å². The van der Waals surface area contributed by atoms with Crippen molar-refractivity contribution in [3.8, 4) is 35.1 Å². The Hall–Kier alpha value is -6.86. The van der Waals surface area contributed by atoms with Gasteiger partial charge in [0.2, 0.25) is 0 Å². The summed E-state index contributed by atoms with van der Waals surface area (Å²) in [6.45, 7) is 14.6. The average Bonchev–Trinajstić information content (AvgIpc) is 3.07. The lowest BCUT2D eigenvalue weighted by Crippen LogP contribution is -1.87. The summed E-state index contributed by atoms with van der Waals surface area (Å²) in [6, 6.07) is 37.7. The van der Waals surface area contributed by atoms with Gasteiger partial charge in [-0.05, 0) is 93.3 Å². The minimum absolute atomic E-state index is 0.334. The number of hydrogen-bond donors (Lipinski definition) is 0. The Labute approximate surface area is 254 Å². The Morgan fingerprint density at radius 3 is 1.32 bits per heavy atom. The first-order valence-electron chi connectivity index (χ1n) is 13.5. The van der Waals surface area contributed by atoms with E-state index in [4.69, 9.17) is 22.6 Å². The highest BCUT2D eigenvalue weighted by molar-refractivity contribution is 5.93. The van der Waals surface area contributed by atoms with Crippen molar-refractivity contribution in [1.82, 2.24) is 0 Å². The van der Waals surface area contributed by atoms with Gasteiger partial charge in [0.05, 0.1) is 24.3 Å². The molecule has 6 aromatic rings. The zero-order valence-corrected chi connectivity index (χ0v) is 23.2. The Balaban J connectivity index is 1.10. The highest BCUT2D eigenvalue weighted by atomic mass is 16.5. The second-order valence-electron chi connectivity index (χ2n) is 9.88. The van der Waals surface area contributed by atoms with Gasteiger partial charge in [-0.15, -0.1) is 0 Å². The third kappa shape index (κ3) is 5.79. The molecule has 6 rings (SSSR count). The van der Waals surface area contributed by atoms with E-state index < -0.39 is 0 Å². The predicted molar refractivity (Wildman–Crippen MR) is 172 cm³/mol. The van der Waals surface area contributed by atoms with Crippen LogP contribution >= 0.6 is 0 Å². The Kier molecular flexibility index (Phi) is 7.41. The number of nitrogens with zero attached hydrogens (tertiary/aromatic N) is 4. The van der Waals surface area contributed by atoms with E-state index in [1.807, 2.05) is 97.1 Å². The van der Waals surface area contributed by atoms with E-state index in [-0.39, 0.29) is 0 Å². The number of hydrogen-bond acceptors (Lipinski definition) is 4. The second-order valence-corrected chi connectivity index (χ2v) is 9.88. The molecule has 0 unspecified atom stereocenters. The van der Waals surface area contributed by atoms with Crippen molar-refractivity contribution in [2.75, 3.05) is 0 Å². The number of fused-ring (bicyclic) bond motifs is 2. The molecular weight excluding hydrogens is 544 g/mol. The van der Waals surface area contributed by atoms with Crippen LogP contribution in [-0.2, 0) is 0 Å². The topological polar surface area (TPSA) is 74.8 Å². The van der Waals surface area contributed by atoms with E-state index in [1.54, 1.807) is 24.3 Å². The van der Waals surface area contributed by atoms with E-state index in [0.29, 0.717) is 45.5 Å². The van der Waals surface area contributed by atoms with Crippen LogP contribution in [0.4, 0.5) is 11.4 Å². The van der Waals surface area contributed by atoms with Gasteiger partial charge in [0.15, 0.2) is 11.4 Å². The molecule has 204 valence electrons. The lowest BCUT2D eigenvalue weighted by Gasteiger charge is -2.08. The van der Waals surface area contributed by atoms with Gasteiger partial charge in [-0.2, -0.15) is 10.5 Å². The summed E-state index contributed by atoms with van der Waals surface area (Å²) in [6.07, 6.45) is 4.03. The molecule has 0 saturated heterocycles. The summed E-state index contributed by atoms with van der Waals surface area (Å²) in [4.78, 5) is 6.90. The number of nitriles is 2. The summed E-state index contributed by atoms with van der Waals surface area (Å²) < 4.78 is 12.1. The monoisotopic (exact) mass is 564 g/mol. The van der Waals surface area contributed by atoms with Gasteiger partial charge in [-0.25, -0.2) is 0 Å². The SMILES string of the molecule is [C-]#[N+]c1cc2ccc(Oc3ccc(/C=C/c4ccc(Oc5ccc6cc(C#N)c(C#N)cc6c5)cc4)cc3)cc2cc1[N+]#[C-]. The summed E-state index contributed by atoms with van der Waals surface area (Å²) >= 11 is 0. The van der Waals surface area contributed by atoms with E-state index >= 15 is 0 Å². The minimum atomic E-state index is 0.334. The summed E-state index contributed by atoms with van der Waals surface area (Å²) in [5, 5.41) is 22.0. The number of ether oxygens (including phenoxy) is 2. The van der Waals surface area contributed by atoms with E-state index in [9.17, 15) is 10.5 Å². The van der Waals surface area contributed by atoms with Crippen LogP contribution in [0.5, 0.6) is 23.0 Å². The van der Waals surface area contributed by atoms with Crippen LogP contribution in [0.2, 0.25) is 0 Å². The fourth-order valence-corrected chi connectivity index (χ4v) is 4.78. The molecule has 0 saturated carbocycles. The lowest BCUT2D eigenvalue weighted by molar-refractivity contribution is 0.483. The van der Waals surface area contributed by atoms with Crippen molar-refractivity contribution in [2.24, 2.45) is 0 Å².